The van der Waals surface area contributed by atoms with Gasteiger partial charge in [-0.2, -0.15) is 9.40 Å². The zero-order valence-electron chi connectivity index (χ0n) is 23.5. The molecule has 1 aliphatic rings. The average Bonchev–Trinajstić information content (AvgIpc) is 3.28. The lowest BCUT2D eigenvalue weighted by atomic mass is 10.2. The number of benzene rings is 2. The number of amides is 1. The highest BCUT2D eigenvalue weighted by molar-refractivity contribution is 7.89. The number of carbonyl (C=O) groups is 1. The second kappa shape index (κ2) is 13.2. The molecule has 0 aliphatic carbocycles. The number of rotatable bonds is 14. The lowest BCUT2D eigenvalue weighted by Crippen LogP contribution is -2.41. The molecule has 0 atom stereocenters. The fourth-order valence-electron chi connectivity index (χ4n) is 3.98. The first kappa shape index (κ1) is 30.7. The van der Waals surface area contributed by atoms with Gasteiger partial charge in [-0.25, -0.2) is 8.42 Å². The Bertz CT molecular complexity index is 1490. The maximum absolute atomic E-state index is 13.2. The molecule has 4 rings (SSSR count). The lowest BCUT2D eigenvalue weighted by molar-refractivity contribution is 0.102. The summed E-state index contributed by atoms with van der Waals surface area (Å²) < 4.78 is 63.3. The summed E-state index contributed by atoms with van der Waals surface area (Å²) in [7, 11) is -6.88. The molecule has 41 heavy (non-hydrogen) atoms. The summed E-state index contributed by atoms with van der Waals surface area (Å²) in [5.41, 5.74) is 0.249. The highest BCUT2D eigenvalue weighted by Crippen LogP contribution is 2.49. The molecule has 0 unspecified atom stereocenters. The first-order valence-corrected chi connectivity index (χ1v) is 16.5. The largest absolute Gasteiger partial charge is 0.491 e. The second-order valence-corrected chi connectivity index (χ2v) is 13.4. The minimum Gasteiger partial charge on any atom is -0.491 e. The molecule has 1 aromatic heterocycles. The van der Waals surface area contributed by atoms with Gasteiger partial charge in [-0.15, -0.1) is 0 Å². The molecule has 14 heteroatoms. The SMILES string of the molecule is CCOP(=O)(Cn1ccc(NC(=O)c2cc(Oc3ccc(S(=O)(=O)N4CCC4)cc3)cc(OC(C)C)c2)n1)OCC. The third kappa shape index (κ3) is 7.96. The predicted octanol–water partition coefficient (Wildman–Crippen LogP) is 5.33. The molecule has 1 saturated heterocycles. The fourth-order valence-corrected chi connectivity index (χ4v) is 7.03. The Labute approximate surface area is 240 Å². The van der Waals surface area contributed by atoms with Crippen LogP contribution in [0.5, 0.6) is 17.2 Å². The fraction of sp³-hybridized carbons (Fsp3) is 0.407. The standard InChI is InChI=1S/C27H35N4O8PS/c1-5-36-40(33,37-6-2)19-30-15-12-26(29-30)28-27(32)21-16-23(38-20(3)4)18-24(17-21)39-22-8-10-25(11-9-22)41(34,35)31-13-7-14-31/h8-12,15-18,20H,5-7,13-14,19H2,1-4H3,(H,28,29,32). The average molecular weight is 607 g/mol. The molecule has 0 bridgehead atoms. The van der Waals surface area contributed by atoms with Gasteiger partial charge in [-0.05, 0) is 70.5 Å². The first-order chi connectivity index (χ1) is 19.5. The summed E-state index contributed by atoms with van der Waals surface area (Å²) in [6.45, 7) is 8.67. The van der Waals surface area contributed by atoms with E-state index in [1.54, 1.807) is 56.4 Å². The van der Waals surface area contributed by atoms with Crippen LogP contribution >= 0.6 is 7.60 Å². The Morgan fingerprint density at radius 1 is 1.00 bits per heavy atom. The number of carbonyl (C=O) groups excluding carboxylic acids is 1. The van der Waals surface area contributed by atoms with Gasteiger partial charge in [-0.3, -0.25) is 14.0 Å². The van der Waals surface area contributed by atoms with Crippen molar-refractivity contribution < 1.29 is 36.3 Å². The third-order valence-corrected chi connectivity index (χ3v) is 9.73. The van der Waals surface area contributed by atoms with E-state index in [0.29, 0.717) is 30.3 Å². The Morgan fingerprint density at radius 2 is 1.66 bits per heavy atom. The van der Waals surface area contributed by atoms with Gasteiger partial charge in [0.1, 0.15) is 23.5 Å². The van der Waals surface area contributed by atoms with Crippen molar-refractivity contribution in [3.63, 3.8) is 0 Å². The smallest absolute Gasteiger partial charge is 0.351 e. The van der Waals surface area contributed by atoms with Crippen molar-refractivity contribution in [3.05, 3.63) is 60.3 Å². The van der Waals surface area contributed by atoms with Crippen molar-refractivity contribution in [2.24, 2.45) is 0 Å². The van der Waals surface area contributed by atoms with Crippen LogP contribution in [-0.2, 0) is 29.9 Å². The van der Waals surface area contributed by atoms with E-state index in [9.17, 15) is 17.8 Å². The molecular formula is C27H35N4O8PS. The summed E-state index contributed by atoms with van der Waals surface area (Å²) in [6, 6.07) is 12.5. The molecule has 222 valence electrons. The molecule has 2 heterocycles. The van der Waals surface area contributed by atoms with Crippen LogP contribution in [0.3, 0.4) is 0 Å². The van der Waals surface area contributed by atoms with Gasteiger partial charge in [0.05, 0.1) is 24.2 Å². The predicted molar refractivity (Wildman–Crippen MR) is 153 cm³/mol. The Morgan fingerprint density at radius 3 is 2.24 bits per heavy atom. The highest BCUT2D eigenvalue weighted by atomic mass is 32.2. The minimum atomic E-state index is -3.51. The van der Waals surface area contributed by atoms with Crippen LogP contribution in [0.4, 0.5) is 5.82 Å². The van der Waals surface area contributed by atoms with Crippen LogP contribution in [0.1, 0.15) is 44.5 Å². The van der Waals surface area contributed by atoms with Crippen LogP contribution in [0.2, 0.25) is 0 Å². The molecule has 1 aliphatic heterocycles. The van der Waals surface area contributed by atoms with Crippen molar-refractivity contribution in [1.82, 2.24) is 14.1 Å². The van der Waals surface area contributed by atoms with Crippen molar-refractivity contribution in [2.75, 3.05) is 31.6 Å². The summed E-state index contributed by atoms with van der Waals surface area (Å²) in [5.74, 6) is 0.910. The molecule has 3 aromatic rings. The molecule has 1 N–H and O–H groups in total. The maximum atomic E-state index is 13.2. The third-order valence-electron chi connectivity index (χ3n) is 5.88. The number of ether oxygens (including phenoxy) is 2. The van der Waals surface area contributed by atoms with E-state index < -0.39 is 23.5 Å². The van der Waals surface area contributed by atoms with Gasteiger partial charge in [0.15, 0.2) is 5.82 Å². The van der Waals surface area contributed by atoms with Gasteiger partial charge in [0.25, 0.3) is 5.91 Å². The van der Waals surface area contributed by atoms with E-state index in [-0.39, 0.29) is 41.9 Å². The number of aromatic nitrogens is 2. The number of anilines is 1. The summed E-state index contributed by atoms with van der Waals surface area (Å²) >= 11 is 0. The number of nitrogens with one attached hydrogen (secondary N) is 1. The molecule has 1 fully saturated rings. The lowest BCUT2D eigenvalue weighted by Gasteiger charge is -2.29. The Balaban J connectivity index is 1.50. The Hall–Kier alpha value is -3.22. The molecule has 0 spiro atoms. The van der Waals surface area contributed by atoms with Gasteiger partial charge in [0.2, 0.25) is 10.0 Å². The van der Waals surface area contributed by atoms with Gasteiger partial charge < -0.3 is 23.8 Å². The highest BCUT2D eigenvalue weighted by Gasteiger charge is 2.29. The second-order valence-electron chi connectivity index (χ2n) is 9.47. The van der Waals surface area contributed by atoms with Crippen molar-refractivity contribution in [3.8, 4) is 17.2 Å². The van der Waals surface area contributed by atoms with Crippen LogP contribution < -0.4 is 14.8 Å². The minimum absolute atomic E-state index is 0.0988. The topological polar surface area (TPSA) is 138 Å². The number of hydrogen-bond donors (Lipinski definition) is 1. The normalized spacial score (nSPS) is 14.1. The molecule has 12 nitrogen and oxygen atoms in total. The molecule has 0 saturated carbocycles. The summed E-state index contributed by atoms with van der Waals surface area (Å²) in [4.78, 5) is 13.4. The van der Waals surface area contributed by atoms with Crippen LogP contribution in [0, 0.1) is 0 Å². The van der Waals surface area contributed by atoms with Crippen molar-refractivity contribution in [1.29, 1.82) is 0 Å². The van der Waals surface area contributed by atoms with E-state index >= 15 is 0 Å². The quantitative estimate of drug-likeness (QED) is 0.241. The number of nitrogens with zero attached hydrogens (tertiary/aromatic N) is 3. The summed E-state index contributed by atoms with van der Waals surface area (Å²) in [5, 5.41) is 7.00. The van der Waals surface area contributed by atoms with Crippen molar-refractivity contribution >= 4 is 29.3 Å². The monoisotopic (exact) mass is 606 g/mol. The summed E-state index contributed by atoms with van der Waals surface area (Å²) in [6.07, 6.45) is 2.17. The molecule has 2 aromatic carbocycles. The van der Waals surface area contributed by atoms with Crippen LogP contribution in [0.15, 0.2) is 59.6 Å². The van der Waals surface area contributed by atoms with Gasteiger partial charge in [-0.1, -0.05) is 0 Å². The molecule has 1 amide bonds. The molecule has 0 radical (unpaired) electrons. The zero-order chi connectivity index (χ0) is 29.6. The molecular weight excluding hydrogens is 571 g/mol. The van der Waals surface area contributed by atoms with Gasteiger partial charge in [0, 0.05) is 37.0 Å². The number of hydrogen-bond acceptors (Lipinski definition) is 9. The van der Waals surface area contributed by atoms with E-state index in [2.05, 4.69) is 10.4 Å². The van der Waals surface area contributed by atoms with Gasteiger partial charge >= 0.3 is 7.60 Å². The first-order valence-electron chi connectivity index (χ1n) is 13.3. The van der Waals surface area contributed by atoms with E-state index in [0.717, 1.165) is 6.42 Å². The van der Waals surface area contributed by atoms with Crippen LogP contribution in [-0.4, -0.2) is 60.8 Å². The van der Waals surface area contributed by atoms with Crippen molar-refractivity contribution in [2.45, 2.75) is 51.4 Å². The number of sulfonamides is 1. The van der Waals surface area contributed by atoms with E-state index in [1.165, 1.54) is 21.1 Å². The maximum Gasteiger partial charge on any atom is 0.351 e. The Kier molecular flexibility index (Phi) is 9.88. The van der Waals surface area contributed by atoms with E-state index in [4.69, 9.17) is 18.5 Å². The van der Waals surface area contributed by atoms with Crippen LogP contribution in [0.25, 0.3) is 0 Å². The van der Waals surface area contributed by atoms with E-state index in [1.807, 2.05) is 13.8 Å². The zero-order valence-corrected chi connectivity index (χ0v) is 25.2.